The zero-order valence-electron chi connectivity index (χ0n) is 17.0. The van der Waals surface area contributed by atoms with E-state index in [4.69, 9.17) is 14.2 Å². The average molecular weight is 402 g/mol. The lowest BCUT2D eigenvalue weighted by Gasteiger charge is -2.15. The number of esters is 1. The number of rotatable bonds is 9. The van der Waals surface area contributed by atoms with Crippen LogP contribution in [0.5, 0.6) is 11.5 Å². The van der Waals surface area contributed by atoms with Crippen molar-refractivity contribution in [1.82, 2.24) is 19.8 Å². The van der Waals surface area contributed by atoms with Crippen LogP contribution in [0.25, 0.3) is 0 Å². The van der Waals surface area contributed by atoms with E-state index in [1.54, 1.807) is 31.2 Å². The summed E-state index contributed by atoms with van der Waals surface area (Å²) in [6.07, 6.45) is 3.73. The molecule has 0 bridgehead atoms. The number of hydrogen-bond donors (Lipinski definition) is 1. The van der Waals surface area contributed by atoms with E-state index >= 15 is 0 Å². The molecular weight excluding hydrogens is 376 g/mol. The molecule has 0 radical (unpaired) electrons. The van der Waals surface area contributed by atoms with Gasteiger partial charge in [0.15, 0.2) is 0 Å². The van der Waals surface area contributed by atoms with E-state index in [2.05, 4.69) is 10.3 Å². The Morgan fingerprint density at radius 2 is 1.90 bits per heavy atom. The normalized spacial score (nSPS) is 18.6. The first-order chi connectivity index (χ1) is 13.9. The molecule has 1 aromatic heterocycles. The fraction of sp³-hybridized carbons (Fsp3) is 0.450. The third-order valence-corrected chi connectivity index (χ3v) is 4.79. The zero-order chi connectivity index (χ0) is 21.0. The molecule has 1 amide bonds. The molecule has 0 spiro atoms. The first-order valence-corrected chi connectivity index (χ1v) is 9.24. The minimum atomic E-state index is -0.776. The number of benzene rings is 1. The van der Waals surface area contributed by atoms with Gasteiger partial charge in [0.2, 0.25) is 5.91 Å². The first-order valence-electron chi connectivity index (χ1n) is 9.24. The summed E-state index contributed by atoms with van der Waals surface area (Å²) in [5.74, 6) is 0.701. The van der Waals surface area contributed by atoms with Gasteiger partial charge < -0.3 is 24.1 Å². The molecule has 9 heteroatoms. The lowest BCUT2D eigenvalue weighted by molar-refractivity contribution is -0.145. The standard InChI is InChI=1S/C20H26N4O5/c1-23-10-14(21-12-23)7-17(20(26)29-4)22-19(25)18-11-24(18)9-13-5-15(27-2)8-16(6-13)28-3/h5-6,8,10,12,17-18H,7,9,11H2,1-4H3,(H,22,25). The van der Waals surface area contributed by atoms with Crippen molar-refractivity contribution in [3.05, 3.63) is 42.0 Å². The van der Waals surface area contributed by atoms with Gasteiger partial charge in [-0.05, 0) is 17.7 Å². The summed E-state index contributed by atoms with van der Waals surface area (Å²) in [5.41, 5.74) is 1.69. The number of aromatic nitrogens is 2. The lowest BCUT2D eigenvalue weighted by Crippen LogP contribution is -2.45. The van der Waals surface area contributed by atoms with Gasteiger partial charge in [0.1, 0.15) is 23.6 Å². The molecule has 2 aromatic rings. The molecular formula is C20H26N4O5. The van der Waals surface area contributed by atoms with Crippen LogP contribution in [0.2, 0.25) is 0 Å². The van der Waals surface area contributed by atoms with Gasteiger partial charge in [-0.25, -0.2) is 9.78 Å². The number of nitrogens with zero attached hydrogens (tertiary/aromatic N) is 3. The molecule has 1 fully saturated rings. The highest BCUT2D eigenvalue weighted by Gasteiger charge is 2.41. The van der Waals surface area contributed by atoms with E-state index in [1.165, 1.54) is 7.11 Å². The number of nitrogens with one attached hydrogen (secondary N) is 1. The molecule has 3 unspecified atom stereocenters. The van der Waals surface area contributed by atoms with E-state index in [0.29, 0.717) is 30.3 Å². The largest absolute Gasteiger partial charge is 0.497 e. The summed E-state index contributed by atoms with van der Waals surface area (Å²) < 4.78 is 17.2. The van der Waals surface area contributed by atoms with Gasteiger partial charge in [0, 0.05) is 38.8 Å². The molecule has 0 aliphatic carbocycles. The number of carbonyl (C=O) groups is 2. The number of ether oxygens (including phenoxy) is 3. The summed E-state index contributed by atoms with van der Waals surface area (Å²) >= 11 is 0. The van der Waals surface area contributed by atoms with Crippen molar-refractivity contribution >= 4 is 11.9 Å². The Bertz CT molecular complexity index is 859. The summed E-state index contributed by atoms with van der Waals surface area (Å²) in [4.78, 5) is 31.0. The predicted molar refractivity (Wildman–Crippen MR) is 105 cm³/mol. The average Bonchev–Trinajstić information content (AvgIpc) is 3.37. The number of carbonyl (C=O) groups excluding carboxylic acids is 2. The number of amides is 1. The molecule has 1 saturated heterocycles. The van der Waals surface area contributed by atoms with E-state index in [-0.39, 0.29) is 18.4 Å². The lowest BCUT2D eigenvalue weighted by atomic mass is 10.1. The molecule has 3 rings (SSSR count). The second-order valence-corrected chi connectivity index (χ2v) is 6.99. The maximum absolute atomic E-state index is 12.6. The van der Waals surface area contributed by atoms with Crippen molar-refractivity contribution in [2.24, 2.45) is 7.05 Å². The highest BCUT2D eigenvalue weighted by Crippen LogP contribution is 2.27. The van der Waals surface area contributed by atoms with Gasteiger partial charge in [-0.2, -0.15) is 0 Å². The summed E-state index contributed by atoms with van der Waals surface area (Å²) in [6.45, 7) is 1.19. The molecule has 1 aliphatic heterocycles. The molecule has 2 heterocycles. The third-order valence-electron chi connectivity index (χ3n) is 4.79. The van der Waals surface area contributed by atoms with E-state index < -0.39 is 12.0 Å². The predicted octanol–water partition coefficient (Wildman–Crippen LogP) is 0.522. The number of hydrogen-bond acceptors (Lipinski definition) is 7. The highest BCUT2D eigenvalue weighted by atomic mass is 16.5. The van der Waals surface area contributed by atoms with Crippen molar-refractivity contribution in [2.45, 2.75) is 25.0 Å². The minimum Gasteiger partial charge on any atom is -0.497 e. The van der Waals surface area contributed by atoms with Crippen molar-refractivity contribution in [1.29, 1.82) is 0 Å². The fourth-order valence-corrected chi connectivity index (χ4v) is 3.18. The quantitative estimate of drug-likeness (QED) is 0.483. The number of aryl methyl sites for hydroxylation is 1. The van der Waals surface area contributed by atoms with Crippen LogP contribution >= 0.6 is 0 Å². The molecule has 156 valence electrons. The van der Waals surface area contributed by atoms with Gasteiger partial charge in [0.25, 0.3) is 0 Å². The Morgan fingerprint density at radius 1 is 1.21 bits per heavy atom. The third kappa shape index (κ3) is 5.26. The van der Waals surface area contributed by atoms with E-state index in [9.17, 15) is 9.59 Å². The Kier molecular flexibility index (Phi) is 6.38. The van der Waals surface area contributed by atoms with Crippen molar-refractivity contribution in [2.75, 3.05) is 27.9 Å². The fourth-order valence-electron chi connectivity index (χ4n) is 3.18. The summed E-state index contributed by atoms with van der Waals surface area (Å²) in [5, 5.41) is 2.79. The maximum Gasteiger partial charge on any atom is 0.328 e. The van der Waals surface area contributed by atoms with E-state index in [0.717, 1.165) is 5.56 Å². The molecule has 1 N–H and O–H groups in total. The number of methoxy groups -OCH3 is 3. The monoisotopic (exact) mass is 402 g/mol. The SMILES string of the molecule is COC(=O)C(Cc1cn(C)cn1)NC(=O)C1CN1Cc1cc(OC)cc(OC)c1. The van der Waals surface area contributed by atoms with Crippen LogP contribution in [-0.4, -0.2) is 66.3 Å². The van der Waals surface area contributed by atoms with Crippen molar-refractivity contribution in [3.8, 4) is 11.5 Å². The van der Waals surface area contributed by atoms with Gasteiger partial charge >= 0.3 is 5.97 Å². The second-order valence-electron chi connectivity index (χ2n) is 6.99. The van der Waals surface area contributed by atoms with Crippen LogP contribution in [0, 0.1) is 0 Å². The zero-order valence-corrected chi connectivity index (χ0v) is 17.0. The van der Waals surface area contributed by atoms with Crippen LogP contribution in [0.3, 0.4) is 0 Å². The van der Waals surface area contributed by atoms with Gasteiger partial charge in [-0.1, -0.05) is 0 Å². The summed E-state index contributed by atoms with van der Waals surface area (Å²) in [6, 6.07) is 4.56. The van der Waals surface area contributed by atoms with Crippen LogP contribution in [-0.2, 0) is 34.3 Å². The molecule has 3 atom stereocenters. The van der Waals surface area contributed by atoms with Gasteiger partial charge in [-0.3, -0.25) is 9.69 Å². The molecule has 1 aliphatic rings. The second kappa shape index (κ2) is 8.95. The van der Waals surface area contributed by atoms with Crippen molar-refractivity contribution < 1.29 is 23.8 Å². The smallest absolute Gasteiger partial charge is 0.328 e. The Balaban J connectivity index is 1.60. The minimum absolute atomic E-state index is 0.203. The molecule has 29 heavy (non-hydrogen) atoms. The van der Waals surface area contributed by atoms with E-state index in [1.807, 2.05) is 30.3 Å². The van der Waals surface area contributed by atoms with Crippen LogP contribution < -0.4 is 14.8 Å². The topological polar surface area (TPSA) is 94.7 Å². The number of imidazole rings is 1. The van der Waals surface area contributed by atoms with Crippen LogP contribution in [0.1, 0.15) is 11.3 Å². The molecule has 1 aromatic carbocycles. The first kappa shape index (κ1) is 20.7. The van der Waals surface area contributed by atoms with Crippen LogP contribution in [0.15, 0.2) is 30.7 Å². The van der Waals surface area contributed by atoms with Crippen LogP contribution in [0.4, 0.5) is 0 Å². The van der Waals surface area contributed by atoms with Gasteiger partial charge in [0.05, 0.1) is 33.4 Å². The molecule has 9 nitrogen and oxygen atoms in total. The maximum atomic E-state index is 12.6. The Morgan fingerprint density at radius 3 is 2.45 bits per heavy atom. The molecule has 0 saturated carbocycles. The van der Waals surface area contributed by atoms with Gasteiger partial charge in [-0.15, -0.1) is 0 Å². The Hall–Kier alpha value is -3.07. The highest BCUT2D eigenvalue weighted by molar-refractivity contribution is 5.89. The summed E-state index contributed by atoms with van der Waals surface area (Å²) in [7, 11) is 6.35. The van der Waals surface area contributed by atoms with Crippen molar-refractivity contribution in [3.63, 3.8) is 0 Å². The Labute approximate surface area is 169 Å².